The van der Waals surface area contributed by atoms with Crippen molar-refractivity contribution >= 4 is 34.1 Å². The number of halogens is 1. The normalized spacial score (nSPS) is 11.8. The van der Waals surface area contributed by atoms with Crippen LogP contribution in [0.25, 0.3) is 16.5 Å². The molecule has 4 aromatic rings. The Hall–Kier alpha value is -3.84. The van der Waals surface area contributed by atoms with Gasteiger partial charge in [-0.3, -0.25) is 19.0 Å². The summed E-state index contributed by atoms with van der Waals surface area (Å²) in [5.74, 6) is -0.925. The standard InChI is InChI=1S/C24H19ClN4O3/c1-14(28-23(31)22-21(15(2)30)26-11-12-27-22)19-13-16-7-6-10-18(25)20(16)24(32)29(19)17-8-4-3-5-9-17/h3-14H,1-2H3,(H,28,31)/t14-/m0/s1. The maximum atomic E-state index is 13.5. The lowest BCUT2D eigenvalue weighted by molar-refractivity contribution is 0.0918. The van der Waals surface area contributed by atoms with Gasteiger partial charge in [0.2, 0.25) is 0 Å². The molecule has 0 aliphatic rings. The number of nitrogens with zero attached hydrogens (tertiary/aromatic N) is 3. The summed E-state index contributed by atoms with van der Waals surface area (Å²) in [4.78, 5) is 46.2. The second-order valence-electron chi connectivity index (χ2n) is 7.25. The molecule has 1 atom stereocenters. The Kier molecular flexibility index (Phi) is 5.83. The minimum atomic E-state index is -0.597. The predicted molar refractivity (Wildman–Crippen MR) is 122 cm³/mol. The summed E-state index contributed by atoms with van der Waals surface area (Å²) in [6.45, 7) is 3.08. The SMILES string of the molecule is CC(=O)c1nccnc1C(=O)N[C@@H](C)c1cc2cccc(Cl)c2c(=O)n1-c1ccccc1. The van der Waals surface area contributed by atoms with Crippen LogP contribution in [0.15, 0.2) is 71.8 Å². The lowest BCUT2D eigenvalue weighted by Gasteiger charge is -2.21. The number of para-hydroxylation sites is 1. The number of carbonyl (C=O) groups is 2. The molecule has 0 unspecified atom stereocenters. The molecular weight excluding hydrogens is 428 g/mol. The molecule has 2 aromatic carbocycles. The molecule has 0 fully saturated rings. The van der Waals surface area contributed by atoms with Gasteiger partial charge in [0.25, 0.3) is 11.5 Å². The van der Waals surface area contributed by atoms with Gasteiger partial charge < -0.3 is 5.32 Å². The van der Waals surface area contributed by atoms with E-state index in [0.29, 0.717) is 27.2 Å². The minimum Gasteiger partial charge on any atom is -0.343 e. The average Bonchev–Trinajstić information content (AvgIpc) is 2.79. The van der Waals surface area contributed by atoms with Gasteiger partial charge in [-0.15, -0.1) is 0 Å². The highest BCUT2D eigenvalue weighted by Crippen LogP contribution is 2.25. The predicted octanol–water partition coefficient (Wildman–Crippen LogP) is 4.13. The summed E-state index contributed by atoms with van der Waals surface area (Å²) >= 11 is 6.33. The number of ketones is 1. The summed E-state index contributed by atoms with van der Waals surface area (Å²) in [6.07, 6.45) is 2.71. The van der Waals surface area contributed by atoms with Crippen LogP contribution in [-0.4, -0.2) is 26.2 Å². The average molecular weight is 447 g/mol. The van der Waals surface area contributed by atoms with Crippen LogP contribution in [0.4, 0.5) is 0 Å². The number of carbonyl (C=O) groups excluding carboxylic acids is 2. The first-order valence-electron chi connectivity index (χ1n) is 9.91. The fraction of sp³-hybridized carbons (Fsp3) is 0.125. The molecular formula is C24H19ClN4O3. The third-order valence-electron chi connectivity index (χ3n) is 5.08. The zero-order valence-corrected chi connectivity index (χ0v) is 18.1. The van der Waals surface area contributed by atoms with Crippen molar-refractivity contribution in [2.45, 2.75) is 19.9 Å². The molecule has 4 rings (SSSR count). The Morgan fingerprint density at radius 3 is 2.38 bits per heavy atom. The second kappa shape index (κ2) is 8.72. The van der Waals surface area contributed by atoms with Gasteiger partial charge in [0, 0.05) is 30.7 Å². The van der Waals surface area contributed by atoms with Crippen molar-refractivity contribution in [3.8, 4) is 5.69 Å². The Morgan fingerprint density at radius 2 is 1.69 bits per heavy atom. The van der Waals surface area contributed by atoms with Crippen LogP contribution >= 0.6 is 11.6 Å². The molecule has 0 bridgehead atoms. The van der Waals surface area contributed by atoms with Gasteiger partial charge >= 0.3 is 0 Å². The smallest absolute Gasteiger partial charge is 0.272 e. The van der Waals surface area contributed by atoms with Crippen molar-refractivity contribution in [3.63, 3.8) is 0 Å². The first kappa shape index (κ1) is 21.4. The molecule has 2 aromatic heterocycles. The van der Waals surface area contributed by atoms with Gasteiger partial charge in [-0.2, -0.15) is 0 Å². The molecule has 0 aliphatic heterocycles. The molecule has 32 heavy (non-hydrogen) atoms. The zero-order valence-electron chi connectivity index (χ0n) is 17.4. The van der Waals surface area contributed by atoms with E-state index in [9.17, 15) is 14.4 Å². The van der Waals surface area contributed by atoms with Crippen molar-refractivity contribution in [2.75, 3.05) is 0 Å². The number of hydrogen-bond donors (Lipinski definition) is 1. The Bertz CT molecular complexity index is 1400. The van der Waals surface area contributed by atoms with Crippen LogP contribution in [0.5, 0.6) is 0 Å². The molecule has 7 nitrogen and oxygen atoms in total. The highest BCUT2D eigenvalue weighted by atomic mass is 35.5. The number of Topliss-reactive ketones (excluding diaryl/α,β-unsaturated/α-hetero) is 1. The van der Waals surface area contributed by atoms with Crippen LogP contribution in [0.3, 0.4) is 0 Å². The topological polar surface area (TPSA) is 94.0 Å². The number of fused-ring (bicyclic) bond motifs is 1. The Balaban J connectivity index is 1.84. The van der Waals surface area contributed by atoms with E-state index in [0.717, 1.165) is 0 Å². The van der Waals surface area contributed by atoms with E-state index < -0.39 is 11.9 Å². The van der Waals surface area contributed by atoms with Gasteiger partial charge in [0.05, 0.1) is 16.5 Å². The molecule has 8 heteroatoms. The van der Waals surface area contributed by atoms with Crippen LogP contribution in [0, 0.1) is 0 Å². The number of benzene rings is 2. The van der Waals surface area contributed by atoms with Crippen LogP contribution in [0.1, 0.15) is 46.6 Å². The van der Waals surface area contributed by atoms with E-state index >= 15 is 0 Å². The van der Waals surface area contributed by atoms with Crippen molar-refractivity contribution in [1.29, 1.82) is 0 Å². The lowest BCUT2D eigenvalue weighted by atomic mass is 10.1. The first-order chi connectivity index (χ1) is 15.4. The number of aromatic nitrogens is 3. The Labute approximate surface area is 188 Å². The fourth-order valence-corrected chi connectivity index (χ4v) is 3.87. The maximum absolute atomic E-state index is 13.5. The van der Waals surface area contributed by atoms with Crippen LogP contribution in [-0.2, 0) is 0 Å². The Morgan fingerprint density at radius 1 is 1.00 bits per heavy atom. The molecule has 1 amide bonds. The lowest BCUT2D eigenvalue weighted by Crippen LogP contribution is -2.33. The molecule has 1 N–H and O–H groups in total. The number of rotatable bonds is 5. The molecule has 160 valence electrons. The van der Waals surface area contributed by atoms with Crippen molar-refractivity contribution in [1.82, 2.24) is 19.9 Å². The fourth-order valence-electron chi connectivity index (χ4n) is 3.60. The maximum Gasteiger partial charge on any atom is 0.272 e. The molecule has 2 heterocycles. The van der Waals surface area contributed by atoms with Crippen molar-refractivity contribution < 1.29 is 9.59 Å². The van der Waals surface area contributed by atoms with Gasteiger partial charge in [-0.1, -0.05) is 41.9 Å². The molecule has 0 saturated carbocycles. The van der Waals surface area contributed by atoms with Crippen LogP contribution in [0.2, 0.25) is 5.02 Å². The number of nitrogens with one attached hydrogen (secondary N) is 1. The van der Waals surface area contributed by atoms with E-state index in [1.54, 1.807) is 37.3 Å². The summed E-state index contributed by atoms with van der Waals surface area (Å²) in [7, 11) is 0. The highest BCUT2D eigenvalue weighted by molar-refractivity contribution is 6.35. The number of amides is 1. The van der Waals surface area contributed by atoms with Crippen LogP contribution < -0.4 is 10.9 Å². The van der Waals surface area contributed by atoms with E-state index in [4.69, 9.17) is 11.6 Å². The van der Waals surface area contributed by atoms with E-state index in [-0.39, 0.29) is 22.7 Å². The van der Waals surface area contributed by atoms with Gasteiger partial charge in [-0.25, -0.2) is 9.97 Å². The third-order valence-corrected chi connectivity index (χ3v) is 5.39. The summed E-state index contributed by atoms with van der Waals surface area (Å²) in [6, 6.07) is 15.6. The molecule has 0 radical (unpaired) electrons. The van der Waals surface area contributed by atoms with Crippen molar-refractivity contribution in [3.05, 3.63) is 99.4 Å². The molecule has 0 spiro atoms. The van der Waals surface area contributed by atoms with E-state index in [1.807, 2.05) is 24.3 Å². The van der Waals surface area contributed by atoms with Crippen molar-refractivity contribution in [2.24, 2.45) is 0 Å². The van der Waals surface area contributed by atoms with Gasteiger partial charge in [0.15, 0.2) is 11.5 Å². The van der Waals surface area contributed by atoms with Gasteiger partial charge in [-0.05, 0) is 36.6 Å². The largest absolute Gasteiger partial charge is 0.343 e. The molecule has 0 saturated heterocycles. The summed E-state index contributed by atoms with van der Waals surface area (Å²) in [5.41, 5.74) is 0.823. The second-order valence-corrected chi connectivity index (χ2v) is 7.66. The van der Waals surface area contributed by atoms with E-state index in [1.165, 1.54) is 23.9 Å². The van der Waals surface area contributed by atoms with E-state index in [2.05, 4.69) is 15.3 Å². The molecule has 0 aliphatic carbocycles. The summed E-state index contributed by atoms with van der Waals surface area (Å²) in [5, 5.41) is 4.25. The third kappa shape index (κ3) is 3.90. The summed E-state index contributed by atoms with van der Waals surface area (Å²) < 4.78 is 1.53. The monoisotopic (exact) mass is 446 g/mol. The number of hydrogen-bond acceptors (Lipinski definition) is 5. The number of pyridine rings is 1. The van der Waals surface area contributed by atoms with Gasteiger partial charge in [0.1, 0.15) is 5.69 Å². The highest BCUT2D eigenvalue weighted by Gasteiger charge is 2.22. The zero-order chi connectivity index (χ0) is 22.8. The quantitative estimate of drug-likeness (QED) is 0.465. The first-order valence-corrected chi connectivity index (χ1v) is 10.3. The minimum absolute atomic E-state index is 0.0112.